The van der Waals surface area contributed by atoms with Crippen LogP contribution in [0.2, 0.25) is 0 Å². The van der Waals surface area contributed by atoms with Crippen LogP contribution in [-0.2, 0) is 0 Å². The Morgan fingerprint density at radius 1 is 1.04 bits per heavy atom. The smallest absolute Gasteiger partial charge is 0.255 e. The van der Waals surface area contributed by atoms with E-state index in [-0.39, 0.29) is 12.7 Å². The van der Waals surface area contributed by atoms with Gasteiger partial charge in [0, 0.05) is 29.2 Å². The third kappa shape index (κ3) is 2.95. The van der Waals surface area contributed by atoms with Gasteiger partial charge in [-0.05, 0) is 48.9 Å². The second-order valence-corrected chi connectivity index (χ2v) is 6.70. The summed E-state index contributed by atoms with van der Waals surface area (Å²) in [5, 5.41) is 2.93. The maximum absolute atomic E-state index is 12.6. The Labute approximate surface area is 161 Å². The maximum atomic E-state index is 12.6. The normalized spacial score (nSPS) is 12.3. The Kier molecular flexibility index (Phi) is 3.76. The number of nitrogens with one attached hydrogen (secondary N) is 1. The van der Waals surface area contributed by atoms with E-state index in [9.17, 15) is 4.79 Å². The molecule has 0 fully saturated rings. The van der Waals surface area contributed by atoms with Gasteiger partial charge in [-0.25, -0.2) is 4.98 Å². The van der Waals surface area contributed by atoms with Gasteiger partial charge in [0.2, 0.25) is 6.79 Å². The first kappa shape index (κ1) is 16.4. The van der Waals surface area contributed by atoms with Crippen molar-refractivity contribution in [3.05, 3.63) is 78.1 Å². The van der Waals surface area contributed by atoms with Crippen LogP contribution in [0, 0.1) is 6.92 Å². The number of aryl methyl sites for hydroxylation is 1. The van der Waals surface area contributed by atoms with Crippen LogP contribution in [0.3, 0.4) is 0 Å². The first-order valence-corrected chi connectivity index (χ1v) is 8.92. The minimum absolute atomic E-state index is 0.182. The summed E-state index contributed by atoms with van der Waals surface area (Å²) in [4.78, 5) is 17.3. The summed E-state index contributed by atoms with van der Waals surface area (Å²) in [5.74, 6) is 1.03. The van der Waals surface area contributed by atoms with Crippen molar-refractivity contribution in [2.75, 3.05) is 12.1 Å². The average Bonchev–Trinajstić information content (AvgIpc) is 3.33. The van der Waals surface area contributed by atoms with E-state index in [0.717, 1.165) is 16.9 Å². The second kappa shape index (κ2) is 6.42. The number of amides is 1. The van der Waals surface area contributed by atoms with E-state index < -0.39 is 0 Å². The number of aromatic nitrogens is 2. The fourth-order valence-electron chi connectivity index (χ4n) is 3.24. The molecule has 1 amide bonds. The van der Waals surface area contributed by atoms with Gasteiger partial charge in [0.05, 0.1) is 5.69 Å². The lowest BCUT2D eigenvalue weighted by molar-refractivity contribution is 0.102. The quantitative estimate of drug-likeness (QED) is 0.583. The lowest BCUT2D eigenvalue weighted by Crippen LogP contribution is -2.11. The number of anilines is 1. The van der Waals surface area contributed by atoms with Crippen molar-refractivity contribution in [1.82, 2.24) is 9.38 Å². The Bertz CT molecular complexity index is 1210. The lowest BCUT2D eigenvalue weighted by atomic mass is 10.1. The topological polar surface area (TPSA) is 64.9 Å². The van der Waals surface area contributed by atoms with Crippen LogP contribution < -0.4 is 14.8 Å². The number of hydrogen-bond donors (Lipinski definition) is 1. The summed E-state index contributed by atoms with van der Waals surface area (Å²) in [6, 6.07) is 16.8. The summed E-state index contributed by atoms with van der Waals surface area (Å²) >= 11 is 0. The van der Waals surface area contributed by atoms with Crippen LogP contribution in [-0.4, -0.2) is 22.1 Å². The van der Waals surface area contributed by atoms with Crippen LogP contribution in [0.5, 0.6) is 11.5 Å². The Morgan fingerprint density at radius 3 is 2.86 bits per heavy atom. The van der Waals surface area contributed by atoms with Gasteiger partial charge in [-0.15, -0.1) is 0 Å². The summed E-state index contributed by atoms with van der Waals surface area (Å²) in [6.07, 6.45) is 4.03. The second-order valence-electron chi connectivity index (χ2n) is 6.70. The number of carbonyl (C=O) groups is 1. The third-order valence-electron chi connectivity index (χ3n) is 4.65. The van der Waals surface area contributed by atoms with E-state index >= 15 is 0 Å². The van der Waals surface area contributed by atoms with Crippen molar-refractivity contribution >= 4 is 17.2 Å². The summed E-state index contributed by atoms with van der Waals surface area (Å²) < 4.78 is 12.6. The van der Waals surface area contributed by atoms with Crippen LogP contribution in [0.15, 0.2) is 67.0 Å². The Hall–Kier alpha value is -3.80. The molecule has 28 heavy (non-hydrogen) atoms. The van der Waals surface area contributed by atoms with Gasteiger partial charge in [-0.3, -0.25) is 4.79 Å². The highest BCUT2D eigenvalue weighted by Gasteiger charge is 2.16. The molecule has 1 aliphatic heterocycles. The number of imidazole rings is 1. The predicted octanol–water partition coefficient (Wildman–Crippen LogP) is 4.29. The third-order valence-corrected chi connectivity index (χ3v) is 4.65. The molecule has 1 aliphatic rings. The lowest BCUT2D eigenvalue weighted by Gasteiger charge is -2.07. The molecule has 0 bridgehead atoms. The fraction of sp³-hybridized carbons (Fsp3) is 0.0909. The zero-order chi connectivity index (χ0) is 19.1. The molecule has 6 nitrogen and oxygen atoms in total. The van der Waals surface area contributed by atoms with Crippen molar-refractivity contribution in [2.45, 2.75) is 6.92 Å². The standard InChI is InChI=1S/C22H17N3O3/c1-14-5-8-21-24-18(12-25(21)11-14)15-3-2-4-17(9-15)23-22(26)16-6-7-19-20(10-16)28-13-27-19/h2-12H,13H2,1H3,(H,23,26). The Balaban J connectivity index is 1.41. The monoisotopic (exact) mass is 371 g/mol. The highest BCUT2D eigenvalue weighted by Crippen LogP contribution is 2.32. The molecule has 138 valence electrons. The molecule has 2 aromatic carbocycles. The van der Waals surface area contributed by atoms with E-state index in [0.29, 0.717) is 22.7 Å². The fourth-order valence-corrected chi connectivity index (χ4v) is 3.24. The van der Waals surface area contributed by atoms with Gasteiger partial charge < -0.3 is 19.2 Å². The number of nitrogens with zero attached hydrogens (tertiary/aromatic N) is 2. The first-order chi connectivity index (χ1) is 13.7. The molecular formula is C22H17N3O3. The molecule has 2 aromatic heterocycles. The van der Waals surface area contributed by atoms with E-state index in [1.165, 1.54) is 5.56 Å². The van der Waals surface area contributed by atoms with Crippen LogP contribution >= 0.6 is 0 Å². The molecule has 0 spiro atoms. The van der Waals surface area contributed by atoms with Crippen LogP contribution in [0.4, 0.5) is 5.69 Å². The Morgan fingerprint density at radius 2 is 1.93 bits per heavy atom. The summed E-state index contributed by atoms with van der Waals surface area (Å²) in [5.41, 5.74) is 5.05. The number of pyridine rings is 1. The van der Waals surface area contributed by atoms with E-state index in [1.54, 1.807) is 18.2 Å². The number of rotatable bonds is 3. The molecule has 4 aromatic rings. The van der Waals surface area contributed by atoms with Crippen molar-refractivity contribution in [3.63, 3.8) is 0 Å². The van der Waals surface area contributed by atoms with Gasteiger partial charge >= 0.3 is 0 Å². The summed E-state index contributed by atoms with van der Waals surface area (Å²) in [6.45, 7) is 2.23. The molecule has 0 saturated carbocycles. The number of benzene rings is 2. The SMILES string of the molecule is Cc1ccc2nc(-c3cccc(NC(=O)c4ccc5c(c4)OCO5)c3)cn2c1. The predicted molar refractivity (Wildman–Crippen MR) is 106 cm³/mol. The van der Waals surface area contributed by atoms with E-state index in [1.807, 2.05) is 60.1 Å². The van der Waals surface area contributed by atoms with Gasteiger partial charge in [-0.2, -0.15) is 0 Å². The minimum Gasteiger partial charge on any atom is -0.454 e. The van der Waals surface area contributed by atoms with Crippen molar-refractivity contribution in [2.24, 2.45) is 0 Å². The zero-order valence-electron chi connectivity index (χ0n) is 15.2. The molecule has 0 unspecified atom stereocenters. The molecule has 0 atom stereocenters. The summed E-state index contributed by atoms with van der Waals surface area (Å²) in [7, 11) is 0. The van der Waals surface area contributed by atoms with Gasteiger partial charge in [0.1, 0.15) is 5.65 Å². The van der Waals surface area contributed by atoms with E-state index in [2.05, 4.69) is 10.3 Å². The molecule has 5 rings (SSSR count). The zero-order valence-corrected chi connectivity index (χ0v) is 15.2. The van der Waals surface area contributed by atoms with E-state index in [4.69, 9.17) is 9.47 Å². The van der Waals surface area contributed by atoms with Crippen LogP contribution in [0.1, 0.15) is 15.9 Å². The highest BCUT2D eigenvalue weighted by molar-refractivity contribution is 6.05. The van der Waals surface area contributed by atoms with Gasteiger partial charge in [0.25, 0.3) is 5.91 Å². The maximum Gasteiger partial charge on any atom is 0.255 e. The number of ether oxygens (including phenoxy) is 2. The highest BCUT2D eigenvalue weighted by atomic mass is 16.7. The molecule has 3 heterocycles. The van der Waals surface area contributed by atoms with Gasteiger partial charge in [0.15, 0.2) is 11.5 Å². The number of carbonyl (C=O) groups excluding carboxylic acids is 1. The van der Waals surface area contributed by atoms with Crippen molar-refractivity contribution in [3.8, 4) is 22.8 Å². The first-order valence-electron chi connectivity index (χ1n) is 8.92. The molecule has 6 heteroatoms. The average molecular weight is 371 g/mol. The van der Waals surface area contributed by atoms with Gasteiger partial charge in [-0.1, -0.05) is 18.2 Å². The molecule has 1 N–H and O–H groups in total. The molecule has 0 radical (unpaired) electrons. The number of hydrogen-bond acceptors (Lipinski definition) is 4. The molecule has 0 saturated heterocycles. The van der Waals surface area contributed by atoms with Crippen molar-refractivity contribution < 1.29 is 14.3 Å². The minimum atomic E-state index is -0.207. The van der Waals surface area contributed by atoms with Crippen LogP contribution in [0.25, 0.3) is 16.9 Å². The van der Waals surface area contributed by atoms with Crippen molar-refractivity contribution in [1.29, 1.82) is 0 Å². The largest absolute Gasteiger partial charge is 0.454 e. The number of fused-ring (bicyclic) bond motifs is 2. The molecule has 0 aliphatic carbocycles. The molecular weight excluding hydrogens is 354 g/mol.